The summed E-state index contributed by atoms with van der Waals surface area (Å²) in [5.41, 5.74) is 1.19. The minimum absolute atomic E-state index is 0.247. The molecule has 1 aromatic rings. The van der Waals surface area contributed by atoms with Crippen molar-refractivity contribution >= 4 is 0 Å². The van der Waals surface area contributed by atoms with Crippen molar-refractivity contribution in [1.82, 2.24) is 5.32 Å². The van der Waals surface area contributed by atoms with E-state index in [-0.39, 0.29) is 6.10 Å². The molecule has 15 heavy (non-hydrogen) atoms. The largest absolute Gasteiger partial charge is 0.467 e. The van der Waals surface area contributed by atoms with Gasteiger partial charge in [0.1, 0.15) is 12.4 Å². The van der Waals surface area contributed by atoms with Gasteiger partial charge in [-0.15, -0.1) is 0 Å². The van der Waals surface area contributed by atoms with E-state index in [0.717, 1.165) is 25.3 Å². The molecule has 1 aromatic heterocycles. The van der Waals surface area contributed by atoms with E-state index in [4.69, 9.17) is 9.15 Å². The van der Waals surface area contributed by atoms with Crippen molar-refractivity contribution in [2.24, 2.45) is 0 Å². The molecule has 1 N–H and O–H groups in total. The second-order valence-electron chi connectivity index (χ2n) is 3.96. The van der Waals surface area contributed by atoms with Gasteiger partial charge in [0, 0.05) is 12.1 Å². The first kappa shape index (κ1) is 12.3. The number of hydrogen-bond donors (Lipinski definition) is 1. The average Bonchev–Trinajstić information content (AvgIpc) is 2.63. The van der Waals surface area contributed by atoms with Gasteiger partial charge in [-0.25, -0.2) is 0 Å². The van der Waals surface area contributed by atoms with E-state index in [9.17, 15) is 0 Å². The first-order valence-corrected chi connectivity index (χ1v) is 5.61. The average molecular weight is 211 g/mol. The van der Waals surface area contributed by atoms with Crippen molar-refractivity contribution < 1.29 is 9.15 Å². The Balaban J connectivity index is 2.29. The van der Waals surface area contributed by atoms with Crippen molar-refractivity contribution in [2.75, 3.05) is 6.54 Å². The van der Waals surface area contributed by atoms with Crippen LogP contribution < -0.4 is 5.32 Å². The molecule has 3 nitrogen and oxygen atoms in total. The third-order valence-electron chi connectivity index (χ3n) is 2.02. The Morgan fingerprint density at radius 1 is 1.47 bits per heavy atom. The quantitative estimate of drug-likeness (QED) is 0.704. The third-order valence-corrected chi connectivity index (χ3v) is 2.02. The van der Waals surface area contributed by atoms with Crippen LogP contribution in [0.25, 0.3) is 0 Å². The highest BCUT2D eigenvalue weighted by Gasteiger charge is 2.02. The lowest BCUT2D eigenvalue weighted by molar-refractivity contribution is 0.0545. The van der Waals surface area contributed by atoms with E-state index in [1.807, 2.05) is 19.9 Å². The second kappa shape index (κ2) is 6.64. The lowest BCUT2D eigenvalue weighted by atomic mass is 10.3. The molecular weight excluding hydrogens is 190 g/mol. The van der Waals surface area contributed by atoms with E-state index >= 15 is 0 Å². The molecule has 0 saturated carbocycles. The number of nitrogens with one attached hydrogen (secondary N) is 1. The topological polar surface area (TPSA) is 34.4 Å². The molecule has 3 heteroatoms. The molecule has 0 spiro atoms. The summed E-state index contributed by atoms with van der Waals surface area (Å²) in [5, 5.41) is 3.33. The molecule has 0 fully saturated rings. The maximum Gasteiger partial charge on any atom is 0.129 e. The monoisotopic (exact) mass is 211 g/mol. The summed E-state index contributed by atoms with van der Waals surface area (Å²) in [7, 11) is 0. The van der Waals surface area contributed by atoms with Gasteiger partial charge in [-0.05, 0) is 32.9 Å². The first-order chi connectivity index (χ1) is 7.22. The van der Waals surface area contributed by atoms with Gasteiger partial charge < -0.3 is 14.5 Å². The number of ether oxygens (including phenoxy) is 1. The van der Waals surface area contributed by atoms with Crippen LogP contribution in [0.2, 0.25) is 0 Å². The van der Waals surface area contributed by atoms with E-state index in [0.29, 0.717) is 6.61 Å². The molecule has 0 aliphatic rings. The lowest BCUT2D eigenvalue weighted by Gasteiger charge is -2.03. The molecule has 0 bridgehead atoms. The minimum atomic E-state index is 0.247. The zero-order valence-corrected chi connectivity index (χ0v) is 9.88. The van der Waals surface area contributed by atoms with Gasteiger partial charge in [0.05, 0.1) is 12.4 Å². The van der Waals surface area contributed by atoms with Crippen molar-refractivity contribution in [2.45, 2.75) is 46.4 Å². The SMILES string of the molecule is CCCNCc1coc(COC(C)C)c1. The molecule has 1 heterocycles. The fourth-order valence-corrected chi connectivity index (χ4v) is 1.25. The van der Waals surface area contributed by atoms with Crippen LogP contribution in [0.1, 0.15) is 38.5 Å². The van der Waals surface area contributed by atoms with E-state index < -0.39 is 0 Å². The van der Waals surface area contributed by atoms with Gasteiger partial charge >= 0.3 is 0 Å². The van der Waals surface area contributed by atoms with Crippen LogP contribution in [-0.2, 0) is 17.9 Å². The molecule has 0 aromatic carbocycles. The highest BCUT2D eigenvalue weighted by atomic mass is 16.5. The van der Waals surface area contributed by atoms with Crippen LogP contribution in [0.3, 0.4) is 0 Å². The summed E-state index contributed by atoms with van der Waals surface area (Å²) in [6, 6.07) is 2.05. The molecule has 0 aliphatic carbocycles. The number of rotatable bonds is 7. The summed E-state index contributed by atoms with van der Waals surface area (Å²) in [5.74, 6) is 0.900. The van der Waals surface area contributed by atoms with Crippen LogP contribution in [0.15, 0.2) is 16.7 Å². The Kier molecular flexibility index (Phi) is 5.43. The molecule has 1 rings (SSSR count). The standard InChI is InChI=1S/C12H21NO2/c1-4-5-13-7-11-6-12(15-8-11)9-14-10(2)3/h6,8,10,13H,4-5,7,9H2,1-3H3. The third kappa shape index (κ3) is 5.00. The Morgan fingerprint density at radius 3 is 2.93 bits per heavy atom. The Bertz CT molecular complexity index is 268. The van der Waals surface area contributed by atoms with Gasteiger partial charge in [-0.2, -0.15) is 0 Å². The van der Waals surface area contributed by atoms with E-state index in [1.54, 1.807) is 6.26 Å². The molecule has 0 amide bonds. The molecule has 0 saturated heterocycles. The zero-order valence-electron chi connectivity index (χ0n) is 9.88. The van der Waals surface area contributed by atoms with Gasteiger partial charge in [0.25, 0.3) is 0 Å². The van der Waals surface area contributed by atoms with Gasteiger partial charge in [-0.1, -0.05) is 6.92 Å². The predicted molar refractivity (Wildman–Crippen MR) is 60.6 cm³/mol. The fraction of sp³-hybridized carbons (Fsp3) is 0.667. The molecule has 0 aliphatic heterocycles. The summed E-state index contributed by atoms with van der Waals surface area (Å²) in [4.78, 5) is 0. The Hall–Kier alpha value is -0.800. The number of hydrogen-bond acceptors (Lipinski definition) is 3. The maximum atomic E-state index is 5.45. The Labute approximate surface area is 91.8 Å². The van der Waals surface area contributed by atoms with Crippen LogP contribution >= 0.6 is 0 Å². The summed E-state index contributed by atoms with van der Waals surface area (Å²) < 4.78 is 10.8. The van der Waals surface area contributed by atoms with Crippen LogP contribution in [0.5, 0.6) is 0 Å². The predicted octanol–water partition coefficient (Wildman–Crippen LogP) is 2.70. The first-order valence-electron chi connectivity index (χ1n) is 5.61. The Morgan fingerprint density at radius 2 is 2.27 bits per heavy atom. The van der Waals surface area contributed by atoms with Gasteiger partial charge in [0.15, 0.2) is 0 Å². The van der Waals surface area contributed by atoms with Crippen LogP contribution in [0.4, 0.5) is 0 Å². The molecule has 0 atom stereocenters. The summed E-state index contributed by atoms with van der Waals surface area (Å²) in [6.07, 6.45) is 3.19. The highest BCUT2D eigenvalue weighted by molar-refractivity contribution is 5.11. The van der Waals surface area contributed by atoms with E-state index in [1.165, 1.54) is 5.56 Å². The van der Waals surface area contributed by atoms with Crippen molar-refractivity contribution in [3.8, 4) is 0 Å². The van der Waals surface area contributed by atoms with E-state index in [2.05, 4.69) is 12.2 Å². The van der Waals surface area contributed by atoms with Crippen molar-refractivity contribution in [3.05, 3.63) is 23.7 Å². The second-order valence-corrected chi connectivity index (χ2v) is 3.96. The smallest absolute Gasteiger partial charge is 0.129 e. The van der Waals surface area contributed by atoms with Crippen molar-refractivity contribution in [1.29, 1.82) is 0 Å². The molecular formula is C12H21NO2. The summed E-state index contributed by atoms with van der Waals surface area (Å²) >= 11 is 0. The van der Waals surface area contributed by atoms with Crippen LogP contribution in [-0.4, -0.2) is 12.6 Å². The zero-order chi connectivity index (χ0) is 11.1. The summed E-state index contributed by atoms with van der Waals surface area (Å²) in [6.45, 7) is 8.68. The fourth-order valence-electron chi connectivity index (χ4n) is 1.25. The molecule has 86 valence electrons. The normalized spacial score (nSPS) is 11.2. The maximum absolute atomic E-state index is 5.45. The van der Waals surface area contributed by atoms with Gasteiger partial charge in [-0.3, -0.25) is 0 Å². The lowest BCUT2D eigenvalue weighted by Crippen LogP contribution is -2.13. The molecule has 0 radical (unpaired) electrons. The van der Waals surface area contributed by atoms with Crippen molar-refractivity contribution in [3.63, 3.8) is 0 Å². The van der Waals surface area contributed by atoms with Gasteiger partial charge in [0.2, 0.25) is 0 Å². The number of furan rings is 1. The molecule has 0 unspecified atom stereocenters. The minimum Gasteiger partial charge on any atom is -0.467 e. The van der Waals surface area contributed by atoms with Crippen LogP contribution in [0, 0.1) is 0 Å². The highest BCUT2D eigenvalue weighted by Crippen LogP contribution is 2.09.